The number of benzene rings is 2. The van der Waals surface area contributed by atoms with E-state index in [0.717, 1.165) is 50.9 Å². The second kappa shape index (κ2) is 9.46. The Labute approximate surface area is 183 Å². The maximum Gasteiger partial charge on any atom is 0.251 e. The molecule has 1 amide bonds. The van der Waals surface area contributed by atoms with E-state index in [1.165, 1.54) is 28.6 Å². The number of nitrogens with zero attached hydrogens (tertiary/aromatic N) is 2. The summed E-state index contributed by atoms with van der Waals surface area (Å²) in [6, 6.07) is 12.9. The quantitative estimate of drug-likeness (QED) is 0.742. The molecule has 2 saturated heterocycles. The first-order valence-corrected chi connectivity index (χ1v) is 12.2. The van der Waals surface area contributed by atoms with Crippen molar-refractivity contribution < 1.29 is 17.6 Å². The van der Waals surface area contributed by atoms with Gasteiger partial charge >= 0.3 is 0 Å². The number of carbonyl (C=O) groups is 1. The molecular weight excluding hydrogens is 417 g/mol. The van der Waals surface area contributed by atoms with Crippen molar-refractivity contribution in [3.8, 4) is 0 Å². The molecule has 2 aromatic carbocycles. The van der Waals surface area contributed by atoms with Crippen molar-refractivity contribution in [3.05, 3.63) is 65.5 Å². The van der Waals surface area contributed by atoms with Gasteiger partial charge in [-0.05, 0) is 67.6 Å². The Morgan fingerprint density at radius 3 is 2.16 bits per heavy atom. The van der Waals surface area contributed by atoms with Crippen molar-refractivity contribution >= 4 is 15.9 Å². The number of piperidine rings is 1. The summed E-state index contributed by atoms with van der Waals surface area (Å²) in [6.45, 7) is 3.60. The van der Waals surface area contributed by atoms with Crippen LogP contribution in [0, 0.1) is 5.82 Å². The molecule has 1 N–H and O–H groups in total. The summed E-state index contributed by atoms with van der Waals surface area (Å²) in [6.07, 6.45) is 3.47. The topological polar surface area (TPSA) is 69.7 Å². The van der Waals surface area contributed by atoms with E-state index in [1.54, 1.807) is 24.3 Å². The zero-order chi connectivity index (χ0) is 21.8. The van der Waals surface area contributed by atoms with E-state index in [0.29, 0.717) is 18.7 Å². The Kier molecular flexibility index (Phi) is 6.69. The minimum absolute atomic E-state index is 0.0879. The number of rotatable bonds is 6. The van der Waals surface area contributed by atoms with Crippen molar-refractivity contribution in [2.45, 2.75) is 43.2 Å². The van der Waals surface area contributed by atoms with Gasteiger partial charge in [-0.1, -0.05) is 12.1 Å². The zero-order valence-corrected chi connectivity index (χ0v) is 18.3. The Morgan fingerprint density at radius 2 is 1.55 bits per heavy atom. The average Bonchev–Trinajstić information content (AvgIpc) is 3.33. The molecule has 0 spiro atoms. The maximum atomic E-state index is 13.0. The van der Waals surface area contributed by atoms with Crippen LogP contribution in [0.3, 0.4) is 0 Å². The standard InChI is InChI=1S/C23H28FN3O3S/c24-20-7-3-18(4-8-20)17-26-15-11-21(12-16-26)25-23(28)19-5-9-22(10-6-19)31(29,30)27-13-1-2-14-27/h3-10,21H,1-2,11-17H2,(H,25,28). The lowest BCUT2D eigenvalue weighted by Gasteiger charge is -2.32. The molecule has 0 aromatic heterocycles. The van der Waals surface area contributed by atoms with Crippen LogP contribution in [0.4, 0.5) is 4.39 Å². The van der Waals surface area contributed by atoms with Crippen LogP contribution in [0.2, 0.25) is 0 Å². The third kappa shape index (κ3) is 5.31. The third-order valence-electron chi connectivity index (χ3n) is 6.06. The molecule has 0 bridgehead atoms. The first-order valence-electron chi connectivity index (χ1n) is 10.8. The van der Waals surface area contributed by atoms with Crippen molar-refractivity contribution in [2.75, 3.05) is 26.2 Å². The molecule has 166 valence electrons. The molecule has 4 rings (SSSR count). The van der Waals surface area contributed by atoms with Gasteiger partial charge in [0, 0.05) is 44.3 Å². The number of carbonyl (C=O) groups excluding carboxylic acids is 1. The SMILES string of the molecule is O=C(NC1CCN(Cc2ccc(F)cc2)CC1)c1ccc(S(=O)(=O)N2CCCC2)cc1. The molecule has 0 atom stereocenters. The number of nitrogens with one attached hydrogen (secondary N) is 1. The largest absolute Gasteiger partial charge is 0.349 e. The smallest absolute Gasteiger partial charge is 0.251 e. The number of sulfonamides is 1. The lowest BCUT2D eigenvalue weighted by Crippen LogP contribution is -2.44. The van der Waals surface area contributed by atoms with Crippen molar-refractivity contribution in [1.29, 1.82) is 0 Å². The molecule has 0 radical (unpaired) electrons. The van der Waals surface area contributed by atoms with E-state index >= 15 is 0 Å². The van der Waals surface area contributed by atoms with Crippen LogP contribution in [0.1, 0.15) is 41.6 Å². The van der Waals surface area contributed by atoms with Gasteiger partial charge in [0.2, 0.25) is 10.0 Å². The van der Waals surface area contributed by atoms with Gasteiger partial charge in [0.15, 0.2) is 0 Å². The summed E-state index contributed by atoms with van der Waals surface area (Å²) in [5, 5.41) is 3.07. The predicted octanol–water partition coefficient (Wildman–Crippen LogP) is 3.00. The fraction of sp³-hybridized carbons (Fsp3) is 0.435. The molecule has 2 aromatic rings. The van der Waals surface area contributed by atoms with Crippen LogP contribution in [-0.2, 0) is 16.6 Å². The number of halogens is 1. The van der Waals surface area contributed by atoms with Crippen LogP contribution in [0.5, 0.6) is 0 Å². The van der Waals surface area contributed by atoms with Crippen LogP contribution in [0.15, 0.2) is 53.4 Å². The minimum Gasteiger partial charge on any atom is -0.349 e. The van der Waals surface area contributed by atoms with Crippen LogP contribution in [0.25, 0.3) is 0 Å². The average molecular weight is 446 g/mol. The molecule has 2 fully saturated rings. The number of likely N-dealkylation sites (tertiary alicyclic amines) is 1. The van der Waals surface area contributed by atoms with Crippen molar-refractivity contribution in [3.63, 3.8) is 0 Å². The molecule has 6 nitrogen and oxygen atoms in total. The second-order valence-corrected chi connectivity index (χ2v) is 10.2. The number of hydrogen-bond acceptors (Lipinski definition) is 4. The Bertz CT molecular complexity index is 995. The molecule has 2 aliphatic heterocycles. The Hall–Kier alpha value is -2.29. The molecule has 8 heteroatoms. The van der Waals surface area contributed by atoms with Crippen molar-refractivity contribution in [1.82, 2.24) is 14.5 Å². The lowest BCUT2D eigenvalue weighted by atomic mass is 10.0. The van der Waals surface area contributed by atoms with Gasteiger partial charge in [0.05, 0.1) is 4.90 Å². The van der Waals surface area contributed by atoms with Gasteiger partial charge in [-0.3, -0.25) is 9.69 Å². The fourth-order valence-electron chi connectivity index (χ4n) is 4.21. The van der Waals surface area contributed by atoms with E-state index in [4.69, 9.17) is 0 Å². The summed E-state index contributed by atoms with van der Waals surface area (Å²) in [4.78, 5) is 15.2. The van der Waals surface area contributed by atoms with Gasteiger partial charge in [0.25, 0.3) is 5.91 Å². The molecule has 2 heterocycles. The van der Waals surface area contributed by atoms with Crippen LogP contribution >= 0.6 is 0 Å². The van der Waals surface area contributed by atoms with Crippen LogP contribution < -0.4 is 5.32 Å². The molecule has 31 heavy (non-hydrogen) atoms. The van der Waals surface area contributed by atoms with Gasteiger partial charge in [-0.25, -0.2) is 12.8 Å². The summed E-state index contributed by atoms with van der Waals surface area (Å²) in [5.41, 5.74) is 1.54. The lowest BCUT2D eigenvalue weighted by molar-refractivity contribution is 0.0909. The van der Waals surface area contributed by atoms with Gasteiger partial charge in [-0.15, -0.1) is 0 Å². The summed E-state index contributed by atoms with van der Waals surface area (Å²) in [7, 11) is -3.47. The van der Waals surface area contributed by atoms with Crippen LogP contribution in [-0.4, -0.2) is 55.8 Å². The van der Waals surface area contributed by atoms with Gasteiger partial charge in [0.1, 0.15) is 5.82 Å². The van der Waals surface area contributed by atoms with E-state index < -0.39 is 10.0 Å². The molecule has 2 aliphatic rings. The highest BCUT2D eigenvalue weighted by Gasteiger charge is 2.27. The third-order valence-corrected chi connectivity index (χ3v) is 7.97. The summed E-state index contributed by atoms with van der Waals surface area (Å²) >= 11 is 0. The molecule has 0 unspecified atom stereocenters. The fourth-order valence-corrected chi connectivity index (χ4v) is 5.73. The monoisotopic (exact) mass is 445 g/mol. The van der Waals surface area contributed by atoms with E-state index in [9.17, 15) is 17.6 Å². The first kappa shape index (κ1) is 21.9. The first-order chi connectivity index (χ1) is 14.9. The molecular formula is C23H28FN3O3S. The second-order valence-electron chi connectivity index (χ2n) is 8.29. The summed E-state index contributed by atoms with van der Waals surface area (Å²) < 4.78 is 39.8. The molecule has 0 saturated carbocycles. The Balaban J connectivity index is 1.28. The molecule has 0 aliphatic carbocycles. The normalized spacial score (nSPS) is 18.9. The highest BCUT2D eigenvalue weighted by atomic mass is 32.2. The number of amides is 1. The van der Waals surface area contributed by atoms with Gasteiger partial charge < -0.3 is 5.32 Å². The summed E-state index contributed by atoms with van der Waals surface area (Å²) in [5.74, 6) is -0.408. The zero-order valence-electron chi connectivity index (χ0n) is 17.5. The highest BCUT2D eigenvalue weighted by molar-refractivity contribution is 7.89. The van der Waals surface area contributed by atoms with Gasteiger partial charge in [-0.2, -0.15) is 4.31 Å². The Morgan fingerprint density at radius 1 is 0.935 bits per heavy atom. The predicted molar refractivity (Wildman–Crippen MR) is 117 cm³/mol. The van der Waals surface area contributed by atoms with E-state index in [1.807, 2.05) is 0 Å². The highest BCUT2D eigenvalue weighted by Crippen LogP contribution is 2.21. The van der Waals surface area contributed by atoms with E-state index in [2.05, 4.69) is 10.2 Å². The van der Waals surface area contributed by atoms with E-state index in [-0.39, 0.29) is 22.7 Å². The maximum absolute atomic E-state index is 13.0. The number of hydrogen-bond donors (Lipinski definition) is 1. The minimum atomic E-state index is -3.47. The van der Waals surface area contributed by atoms with Crippen molar-refractivity contribution in [2.24, 2.45) is 0 Å².